The first-order valence-corrected chi connectivity index (χ1v) is 5.89. The van der Waals surface area contributed by atoms with Gasteiger partial charge in [-0.05, 0) is 10.8 Å². The summed E-state index contributed by atoms with van der Waals surface area (Å²) in [4.78, 5) is 23.2. The molecule has 0 saturated heterocycles. The first kappa shape index (κ1) is 9.67. The summed E-state index contributed by atoms with van der Waals surface area (Å²) in [5.74, 6) is -0.762. The Balaban J connectivity index is 1.94. The highest BCUT2D eigenvalue weighted by molar-refractivity contribution is 8.04. The van der Waals surface area contributed by atoms with Crippen LogP contribution < -0.4 is 10.6 Å². The third-order valence-electron chi connectivity index (χ3n) is 1.78. The first-order valence-electron chi connectivity index (χ1n) is 4.00. The maximum absolute atomic E-state index is 11.6. The summed E-state index contributed by atoms with van der Waals surface area (Å²) < 4.78 is 0. The molecule has 74 valence electrons. The number of thioether (sulfide) groups is 2. The molecule has 6 heteroatoms. The highest BCUT2D eigenvalue weighted by Gasteiger charge is 2.32. The number of hydrogen-bond donors (Lipinski definition) is 2. The zero-order chi connectivity index (χ0) is 9.97. The zero-order valence-corrected chi connectivity index (χ0v) is 8.73. The third-order valence-corrected chi connectivity index (χ3v) is 3.61. The summed E-state index contributed by atoms with van der Waals surface area (Å²) in [6.45, 7) is 0. The standard InChI is InChI=1S/C8H8N2O2S2/c11-5(7-9-1-3-13-7)6(12)8-10-2-4-14-8/h1-4,7-10H. The van der Waals surface area contributed by atoms with E-state index in [1.54, 1.807) is 23.2 Å². The van der Waals surface area contributed by atoms with Crippen LogP contribution in [-0.4, -0.2) is 22.3 Å². The lowest BCUT2D eigenvalue weighted by Crippen LogP contribution is -2.41. The minimum Gasteiger partial charge on any atom is -0.372 e. The normalized spacial score (nSPS) is 28.6. The van der Waals surface area contributed by atoms with Crippen LogP contribution in [0.5, 0.6) is 0 Å². The number of nitrogens with one attached hydrogen (secondary N) is 2. The van der Waals surface area contributed by atoms with E-state index in [0.29, 0.717) is 0 Å². The summed E-state index contributed by atoms with van der Waals surface area (Å²) >= 11 is 2.64. The van der Waals surface area contributed by atoms with Gasteiger partial charge in [0.2, 0.25) is 11.6 Å². The molecule has 0 saturated carbocycles. The van der Waals surface area contributed by atoms with E-state index >= 15 is 0 Å². The van der Waals surface area contributed by atoms with Gasteiger partial charge in [-0.15, -0.1) is 0 Å². The number of Topliss-reactive ketones (excluding diaryl/α,β-unsaturated/α-hetero) is 2. The van der Waals surface area contributed by atoms with Crippen LogP contribution in [0.4, 0.5) is 0 Å². The molecule has 2 aliphatic heterocycles. The van der Waals surface area contributed by atoms with Crippen molar-refractivity contribution in [2.75, 3.05) is 0 Å². The molecule has 2 unspecified atom stereocenters. The molecule has 2 heterocycles. The van der Waals surface area contributed by atoms with Crippen molar-refractivity contribution in [3.8, 4) is 0 Å². The van der Waals surface area contributed by atoms with Crippen LogP contribution in [-0.2, 0) is 9.59 Å². The molecular formula is C8H8N2O2S2. The van der Waals surface area contributed by atoms with E-state index in [1.165, 1.54) is 23.5 Å². The average molecular weight is 228 g/mol. The number of carbonyl (C=O) groups excluding carboxylic acids is 2. The van der Waals surface area contributed by atoms with Gasteiger partial charge in [0.25, 0.3) is 0 Å². The van der Waals surface area contributed by atoms with Crippen LogP contribution in [0.2, 0.25) is 0 Å². The van der Waals surface area contributed by atoms with E-state index in [4.69, 9.17) is 0 Å². The van der Waals surface area contributed by atoms with E-state index in [2.05, 4.69) is 10.6 Å². The van der Waals surface area contributed by atoms with Crippen molar-refractivity contribution in [2.45, 2.75) is 10.7 Å². The molecule has 0 aromatic carbocycles. The van der Waals surface area contributed by atoms with Crippen molar-refractivity contribution >= 4 is 35.1 Å². The van der Waals surface area contributed by atoms with Gasteiger partial charge < -0.3 is 10.6 Å². The topological polar surface area (TPSA) is 58.2 Å². The Labute approximate surface area is 89.6 Å². The molecule has 0 amide bonds. The summed E-state index contributed by atoms with van der Waals surface area (Å²) in [5, 5.41) is 8.29. The molecule has 0 spiro atoms. The molecule has 14 heavy (non-hydrogen) atoms. The molecule has 2 atom stereocenters. The molecular weight excluding hydrogens is 220 g/mol. The molecule has 2 N–H and O–H groups in total. The molecule has 0 aliphatic carbocycles. The second-order valence-electron chi connectivity index (χ2n) is 2.70. The third kappa shape index (κ3) is 1.80. The van der Waals surface area contributed by atoms with Gasteiger partial charge in [-0.2, -0.15) is 0 Å². The molecule has 0 aromatic heterocycles. The SMILES string of the molecule is O=C(C(=O)C1NC=CS1)C1NC=CS1. The fourth-order valence-corrected chi connectivity index (χ4v) is 2.52. The molecule has 0 fully saturated rings. The predicted octanol–water partition coefficient (Wildman–Crippen LogP) is 0.392. The average Bonchev–Trinajstić information content (AvgIpc) is 2.87. The zero-order valence-electron chi connectivity index (χ0n) is 7.10. The number of carbonyl (C=O) groups is 2. The largest absolute Gasteiger partial charge is 0.372 e. The van der Waals surface area contributed by atoms with Crippen LogP contribution in [0.3, 0.4) is 0 Å². The smallest absolute Gasteiger partial charge is 0.234 e. The maximum atomic E-state index is 11.6. The number of hydrogen-bond acceptors (Lipinski definition) is 6. The predicted molar refractivity (Wildman–Crippen MR) is 57.3 cm³/mol. The molecule has 2 aliphatic rings. The summed E-state index contributed by atoms with van der Waals surface area (Å²) in [5.41, 5.74) is 0. The van der Waals surface area contributed by atoms with Gasteiger partial charge in [-0.25, -0.2) is 0 Å². The fraction of sp³-hybridized carbons (Fsp3) is 0.250. The fourth-order valence-electron chi connectivity index (χ4n) is 1.10. The quantitative estimate of drug-likeness (QED) is 0.682. The van der Waals surface area contributed by atoms with E-state index in [-0.39, 0.29) is 11.6 Å². The van der Waals surface area contributed by atoms with Crippen molar-refractivity contribution in [1.82, 2.24) is 10.6 Å². The lowest BCUT2D eigenvalue weighted by atomic mass is 10.2. The second kappa shape index (κ2) is 4.10. The minimum absolute atomic E-state index is 0.381. The Kier molecular flexibility index (Phi) is 2.83. The van der Waals surface area contributed by atoms with E-state index in [0.717, 1.165) is 0 Å². The Hall–Kier alpha value is -0.880. The van der Waals surface area contributed by atoms with Crippen molar-refractivity contribution in [1.29, 1.82) is 0 Å². The van der Waals surface area contributed by atoms with Crippen molar-refractivity contribution in [2.24, 2.45) is 0 Å². The molecule has 0 radical (unpaired) electrons. The summed E-state index contributed by atoms with van der Waals surface area (Å²) in [7, 11) is 0. The Morgan fingerprint density at radius 2 is 1.36 bits per heavy atom. The van der Waals surface area contributed by atoms with Crippen LogP contribution in [0.1, 0.15) is 0 Å². The monoisotopic (exact) mass is 228 g/mol. The van der Waals surface area contributed by atoms with E-state index in [9.17, 15) is 9.59 Å². The highest BCUT2D eigenvalue weighted by Crippen LogP contribution is 2.21. The molecule has 0 bridgehead atoms. The van der Waals surface area contributed by atoms with Gasteiger partial charge >= 0.3 is 0 Å². The lowest BCUT2D eigenvalue weighted by Gasteiger charge is -2.11. The van der Waals surface area contributed by atoms with Gasteiger partial charge in [0, 0.05) is 12.4 Å². The van der Waals surface area contributed by atoms with Gasteiger partial charge in [-0.3, -0.25) is 9.59 Å². The second-order valence-corrected chi connectivity index (χ2v) is 4.73. The van der Waals surface area contributed by atoms with Crippen LogP contribution >= 0.6 is 23.5 Å². The van der Waals surface area contributed by atoms with Gasteiger partial charge in [0.15, 0.2) is 0 Å². The molecule has 2 rings (SSSR count). The maximum Gasteiger partial charge on any atom is 0.234 e. The Morgan fingerprint density at radius 3 is 1.64 bits per heavy atom. The number of rotatable bonds is 3. The van der Waals surface area contributed by atoms with Gasteiger partial charge in [0.05, 0.1) is 0 Å². The van der Waals surface area contributed by atoms with E-state index in [1.807, 2.05) is 0 Å². The van der Waals surface area contributed by atoms with Crippen molar-refractivity contribution in [3.05, 3.63) is 23.2 Å². The van der Waals surface area contributed by atoms with Gasteiger partial charge in [0.1, 0.15) is 10.7 Å². The van der Waals surface area contributed by atoms with E-state index < -0.39 is 10.7 Å². The molecule has 0 aromatic rings. The van der Waals surface area contributed by atoms with Crippen molar-refractivity contribution in [3.63, 3.8) is 0 Å². The van der Waals surface area contributed by atoms with Gasteiger partial charge in [-0.1, -0.05) is 23.5 Å². The van der Waals surface area contributed by atoms with Crippen molar-refractivity contribution < 1.29 is 9.59 Å². The van der Waals surface area contributed by atoms with Crippen LogP contribution in [0, 0.1) is 0 Å². The first-order chi connectivity index (χ1) is 6.79. The summed E-state index contributed by atoms with van der Waals surface area (Å²) in [6.07, 6.45) is 3.35. The Bertz CT molecular complexity index is 279. The highest BCUT2D eigenvalue weighted by atomic mass is 32.2. The Morgan fingerprint density at radius 1 is 0.929 bits per heavy atom. The molecule has 4 nitrogen and oxygen atoms in total. The lowest BCUT2D eigenvalue weighted by molar-refractivity contribution is -0.136. The minimum atomic E-state index is -0.439. The van der Waals surface area contributed by atoms with Crippen LogP contribution in [0.15, 0.2) is 23.2 Å². The van der Waals surface area contributed by atoms with Crippen LogP contribution in [0.25, 0.3) is 0 Å². The number of ketones is 2. The summed E-state index contributed by atoms with van der Waals surface area (Å²) in [6, 6.07) is 0.